The number of anilines is 1. The van der Waals surface area contributed by atoms with Crippen LogP contribution < -0.4 is 5.32 Å². The van der Waals surface area contributed by atoms with Crippen molar-refractivity contribution < 1.29 is 19.4 Å². The number of rotatable bonds is 4. The standard InChI is InChI=1S/C14H12F5N5S/c15-25(16,17,18,19)11-3-1-10(2-4-11)14(5-6-14)23-13-8-20-7-12-21-9-22-24(12)13/h1-4,7-9,23H,5-6H2. The van der Waals surface area contributed by atoms with E-state index in [-0.39, 0.29) is 0 Å². The Kier molecular flexibility index (Phi) is 2.70. The summed E-state index contributed by atoms with van der Waals surface area (Å²) in [5.74, 6) is 0.518. The molecular formula is C14H12F5N5S. The van der Waals surface area contributed by atoms with Crippen LogP contribution in [0.2, 0.25) is 0 Å². The van der Waals surface area contributed by atoms with E-state index >= 15 is 0 Å². The van der Waals surface area contributed by atoms with Crippen molar-refractivity contribution in [3.05, 3.63) is 48.5 Å². The first-order valence-corrected chi connectivity index (χ1v) is 9.19. The van der Waals surface area contributed by atoms with Gasteiger partial charge in [-0.2, -0.15) is 9.61 Å². The molecule has 0 spiro atoms. The minimum absolute atomic E-state index is 0.437. The average Bonchev–Trinajstić information content (AvgIpc) is 3.12. The minimum atomic E-state index is -9.66. The first-order chi connectivity index (χ1) is 11.5. The monoisotopic (exact) mass is 377 g/mol. The number of nitrogens with one attached hydrogen (secondary N) is 1. The molecule has 0 atom stereocenters. The molecule has 25 heavy (non-hydrogen) atoms. The first kappa shape index (κ1) is 16.1. The second-order valence-electron chi connectivity index (χ2n) is 6.02. The molecule has 5 nitrogen and oxygen atoms in total. The highest BCUT2D eigenvalue weighted by Gasteiger charge is 2.65. The number of nitrogens with zero attached hydrogens (tertiary/aromatic N) is 4. The van der Waals surface area contributed by atoms with Gasteiger partial charge in [0.1, 0.15) is 17.0 Å². The lowest BCUT2D eigenvalue weighted by Crippen LogP contribution is -2.21. The zero-order valence-electron chi connectivity index (χ0n) is 12.5. The molecule has 134 valence electrons. The molecule has 2 heterocycles. The third-order valence-corrected chi connectivity index (χ3v) is 5.32. The highest BCUT2D eigenvalue weighted by Crippen LogP contribution is 3.02. The summed E-state index contributed by atoms with van der Waals surface area (Å²) in [6, 6.07) is 3.05. The van der Waals surface area contributed by atoms with E-state index in [2.05, 4.69) is 20.4 Å². The second kappa shape index (κ2) is 4.21. The maximum Gasteiger partial charge on any atom is 0.310 e. The molecule has 0 amide bonds. The third-order valence-electron chi connectivity index (χ3n) is 4.16. The Morgan fingerprint density at radius 1 is 1.00 bits per heavy atom. The molecule has 1 fully saturated rings. The van der Waals surface area contributed by atoms with E-state index < -0.39 is 20.7 Å². The molecule has 1 N–H and O–H groups in total. The van der Waals surface area contributed by atoms with Crippen molar-refractivity contribution >= 4 is 21.7 Å². The number of hydrogen-bond acceptors (Lipinski definition) is 4. The summed E-state index contributed by atoms with van der Waals surface area (Å²) >= 11 is 0. The van der Waals surface area contributed by atoms with Gasteiger partial charge in [-0.05, 0) is 30.5 Å². The molecular weight excluding hydrogens is 365 g/mol. The fourth-order valence-corrected chi connectivity index (χ4v) is 3.38. The lowest BCUT2D eigenvalue weighted by atomic mass is 10.1. The van der Waals surface area contributed by atoms with E-state index in [0.717, 1.165) is 12.1 Å². The van der Waals surface area contributed by atoms with Crippen molar-refractivity contribution in [1.82, 2.24) is 19.6 Å². The molecule has 0 radical (unpaired) electrons. The lowest BCUT2D eigenvalue weighted by molar-refractivity contribution is 0.364. The van der Waals surface area contributed by atoms with Crippen molar-refractivity contribution in [3.8, 4) is 0 Å². The number of benzene rings is 1. The molecule has 2 aromatic heterocycles. The molecule has 1 aliphatic carbocycles. The maximum atomic E-state index is 12.8. The zero-order valence-corrected chi connectivity index (χ0v) is 13.4. The Bertz CT molecular complexity index is 963. The van der Waals surface area contributed by atoms with Crippen LogP contribution in [0.25, 0.3) is 5.65 Å². The second-order valence-corrected chi connectivity index (χ2v) is 8.43. The average molecular weight is 377 g/mol. The van der Waals surface area contributed by atoms with Gasteiger partial charge in [-0.3, -0.25) is 4.98 Å². The minimum Gasteiger partial charge on any atom is -0.359 e. The third kappa shape index (κ3) is 2.88. The maximum absolute atomic E-state index is 12.8. The smallest absolute Gasteiger partial charge is 0.310 e. The molecule has 1 aliphatic rings. The summed E-state index contributed by atoms with van der Waals surface area (Å²) in [6.07, 6.45) is 5.68. The Labute approximate surface area is 138 Å². The molecule has 4 rings (SSSR count). The van der Waals surface area contributed by atoms with Gasteiger partial charge in [0.15, 0.2) is 5.65 Å². The van der Waals surface area contributed by atoms with E-state index in [0.29, 0.717) is 42.0 Å². The predicted octanol–water partition coefficient (Wildman–Crippen LogP) is 4.88. The molecule has 0 aliphatic heterocycles. The highest BCUT2D eigenvalue weighted by molar-refractivity contribution is 8.45. The van der Waals surface area contributed by atoms with Gasteiger partial charge in [-0.15, -0.1) is 0 Å². The van der Waals surface area contributed by atoms with Crippen LogP contribution in [0.5, 0.6) is 0 Å². The Morgan fingerprint density at radius 2 is 1.68 bits per heavy atom. The lowest BCUT2D eigenvalue weighted by Gasteiger charge is -2.40. The van der Waals surface area contributed by atoms with Gasteiger partial charge in [-0.25, -0.2) is 4.98 Å². The summed E-state index contributed by atoms with van der Waals surface area (Å²) in [7, 11) is -9.66. The van der Waals surface area contributed by atoms with Crippen molar-refractivity contribution in [3.63, 3.8) is 0 Å². The molecule has 0 unspecified atom stereocenters. The Balaban J connectivity index is 1.67. The largest absolute Gasteiger partial charge is 0.359 e. The number of fused-ring (bicyclic) bond motifs is 1. The number of aromatic nitrogens is 4. The van der Waals surface area contributed by atoms with E-state index in [1.165, 1.54) is 23.2 Å². The summed E-state index contributed by atoms with van der Waals surface area (Å²) < 4.78 is 65.7. The van der Waals surface area contributed by atoms with Gasteiger partial charge < -0.3 is 5.32 Å². The molecule has 1 saturated carbocycles. The number of halogens is 5. The molecule has 1 aromatic carbocycles. The molecule has 0 saturated heterocycles. The molecule has 3 aromatic rings. The van der Waals surface area contributed by atoms with Gasteiger partial charge in [-0.1, -0.05) is 31.6 Å². The van der Waals surface area contributed by atoms with E-state index in [1.807, 2.05) is 0 Å². The van der Waals surface area contributed by atoms with Gasteiger partial charge in [0, 0.05) is 0 Å². The summed E-state index contributed by atoms with van der Waals surface area (Å²) in [5, 5.41) is 7.24. The SMILES string of the molecule is FS(F)(F)(F)(F)c1ccc(C2(Nc3cncc4ncnn34)CC2)cc1. The van der Waals surface area contributed by atoms with Crippen molar-refractivity contribution in [1.29, 1.82) is 0 Å². The predicted molar refractivity (Wildman–Crippen MR) is 83.2 cm³/mol. The van der Waals surface area contributed by atoms with Crippen molar-refractivity contribution in [2.24, 2.45) is 0 Å². The van der Waals surface area contributed by atoms with Crippen molar-refractivity contribution in [2.75, 3.05) is 5.32 Å². The van der Waals surface area contributed by atoms with Gasteiger partial charge in [0.2, 0.25) is 0 Å². The van der Waals surface area contributed by atoms with Crippen LogP contribution in [-0.4, -0.2) is 19.6 Å². The van der Waals surface area contributed by atoms with Crippen LogP contribution in [0.4, 0.5) is 25.2 Å². The van der Waals surface area contributed by atoms with E-state index in [9.17, 15) is 19.4 Å². The van der Waals surface area contributed by atoms with Crippen LogP contribution in [0.15, 0.2) is 47.9 Å². The quantitative estimate of drug-likeness (QED) is 0.658. The molecule has 11 heteroatoms. The fraction of sp³-hybridized carbons (Fsp3) is 0.214. The van der Waals surface area contributed by atoms with Crippen LogP contribution in [0, 0.1) is 0 Å². The molecule has 0 bridgehead atoms. The van der Waals surface area contributed by atoms with Crippen LogP contribution >= 0.6 is 10.2 Å². The van der Waals surface area contributed by atoms with Crippen LogP contribution in [0.3, 0.4) is 0 Å². The Hall–Kier alpha value is -2.43. The normalized spacial score (nSPS) is 19.2. The van der Waals surface area contributed by atoms with E-state index in [1.54, 1.807) is 0 Å². The Morgan fingerprint density at radius 3 is 2.28 bits per heavy atom. The van der Waals surface area contributed by atoms with Gasteiger partial charge in [0.05, 0.1) is 17.9 Å². The summed E-state index contributed by atoms with van der Waals surface area (Å²) in [6.45, 7) is 0. The van der Waals surface area contributed by atoms with Gasteiger partial charge >= 0.3 is 10.2 Å². The topological polar surface area (TPSA) is 55.1 Å². The van der Waals surface area contributed by atoms with Gasteiger partial charge in [0.25, 0.3) is 0 Å². The van der Waals surface area contributed by atoms with E-state index in [4.69, 9.17) is 0 Å². The first-order valence-electron chi connectivity index (χ1n) is 7.24. The van der Waals surface area contributed by atoms with Crippen molar-refractivity contribution in [2.45, 2.75) is 23.3 Å². The van der Waals surface area contributed by atoms with Crippen LogP contribution in [0.1, 0.15) is 18.4 Å². The highest BCUT2D eigenvalue weighted by atomic mass is 32.5. The zero-order chi connectivity index (χ0) is 18.0. The fourth-order valence-electron chi connectivity index (χ4n) is 2.73. The summed E-state index contributed by atoms with van der Waals surface area (Å²) in [5.41, 5.74) is 0.380. The summed E-state index contributed by atoms with van der Waals surface area (Å²) in [4.78, 5) is 6.14. The number of hydrogen-bond donors (Lipinski definition) is 1. The van der Waals surface area contributed by atoms with Crippen LogP contribution in [-0.2, 0) is 5.54 Å².